The highest BCUT2D eigenvalue weighted by Gasteiger charge is 2.31. The van der Waals surface area contributed by atoms with Gasteiger partial charge in [0, 0.05) is 23.1 Å². The van der Waals surface area contributed by atoms with Crippen molar-refractivity contribution in [3.8, 4) is 23.1 Å². The second-order valence-electron chi connectivity index (χ2n) is 7.60. The normalized spacial score (nSPS) is 15.5. The van der Waals surface area contributed by atoms with Crippen molar-refractivity contribution in [2.75, 3.05) is 20.8 Å². The zero-order chi connectivity index (χ0) is 22.4. The maximum atomic E-state index is 12.8. The number of methoxy groups -OCH3 is 2. The summed E-state index contributed by atoms with van der Waals surface area (Å²) in [5.41, 5.74) is 1.84. The van der Waals surface area contributed by atoms with Crippen LogP contribution in [0.3, 0.4) is 0 Å². The van der Waals surface area contributed by atoms with Crippen molar-refractivity contribution in [3.63, 3.8) is 0 Å². The van der Waals surface area contributed by atoms with Crippen LogP contribution in [0.15, 0.2) is 52.1 Å². The van der Waals surface area contributed by atoms with E-state index in [9.17, 15) is 14.7 Å². The molecule has 164 valence electrons. The minimum Gasteiger partial charge on any atom is -0.497 e. The highest BCUT2D eigenvalue weighted by molar-refractivity contribution is 5.86. The lowest BCUT2D eigenvalue weighted by Gasteiger charge is -2.25. The van der Waals surface area contributed by atoms with E-state index in [1.165, 1.54) is 0 Å². The number of nitrogens with zero attached hydrogens (tertiary/aromatic N) is 1. The number of aromatic hydroxyl groups is 1. The second kappa shape index (κ2) is 7.61. The Labute approximate surface area is 182 Å². The van der Waals surface area contributed by atoms with Crippen LogP contribution in [0.2, 0.25) is 0 Å². The molecule has 9 nitrogen and oxygen atoms in total. The van der Waals surface area contributed by atoms with E-state index in [0.717, 1.165) is 38.9 Å². The van der Waals surface area contributed by atoms with E-state index in [4.69, 9.17) is 9.47 Å². The molecule has 0 spiro atoms. The van der Waals surface area contributed by atoms with Gasteiger partial charge in [0.05, 0.1) is 25.9 Å². The van der Waals surface area contributed by atoms with Crippen LogP contribution in [0.25, 0.3) is 16.6 Å². The Bertz CT molecular complexity index is 1430. The summed E-state index contributed by atoms with van der Waals surface area (Å²) >= 11 is 0. The number of H-pyrrole nitrogens is 2. The fraction of sp³-hybridized carbons (Fsp3) is 0.217. The Morgan fingerprint density at radius 1 is 1.00 bits per heavy atom. The first-order valence-electron chi connectivity index (χ1n) is 10.2. The molecule has 0 fully saturated rings. The molecule has 0 unspecified atom stereocenters. The zero-order valence-corrected chi connectivity index (χ0v) is 17.6. The van der Waals surface area contributed by atoms with Gasteiger partial charge in [0.1, 0.15) is 17.1 Å². The number of benzene rings is 2. The summed E-state index contributed by atoms with van der Waals surface area (Å²) in [7, 11) is 3.16. The van der Waals surface area contributed by atoms with Crippen LogP contribution in [0.4, 0.5) is 0 Å². The van der Waals surface area contributed by atoms with E-state index in [-0.39, 0.29) is 5.56 Å². The van der Waals surface area contributed by atoms with E-state index in [1.807, 2.05) is 18.2 Å². The summed E-state index contributed by atoms with van der Waals surface area (Å²) in [6.07, 6.45) is 0.746. The second-order valence-corrected chi connectivity index (χ2v) is 7.60. The minimum atomic E-state index is -0.723. The molecule has 2 aromatic carbocycles. The molecule has 9 heteroatoms. The molecule has 2 aromatic heterocycles. The number of rotatable bonds is 4. The fourth-order valence-electron chi connectivity index (χ4n) is 4.35. The first-order chi connectivity index (χ1) is 15.5. The molecule has 4 aromatic rings. The summed E-state index contributed by atoms with van der Waals surface area (Å²) in [6.45, 7) is 0.600. The lowest BCUT2D eigenvalue weighted by atomic mass is 9.95. The molecule has 5 rings (SSSR count). The van der Waals surface area contributed by atoms with E-state index in [0.29, 0.717) is 18.0 Å². The number of hydrogen-bond donors (Lipinski definition) is 4. The van der Waals surface area contributed by atoms with Gasteiger partial charge in [0.2, 0.25) is 5.88 Å². The van der Waals surface area contributed by atoms with Crippen LogP contribution in [0, 0.1) is 0 Å². The van der Waals surface area contributed by atoms with Gasteiger partial charge in [0.25, 0.3) is 5.56 Å². The summed E-state index contributed by atoms with van der Waals surface area (Å²) in [4.78, 5) is 31.1. The fourth-order valence-corrected chi connectivity index (χ4v) is 4.35. The zero-order valence-electron chi connectivity index (χ0n) is 17.6. The predicted molar refractivity (Wildman–Crippen MR) is 119 cm³/mol. The molecule has 0 aliphatic carbocycles. The van der Waals surface area contributed by atoms with Crippen LogP contribution in [-0.4, -0.2) is 40.4 Å². The van der Waals surface area contributed by atoms with Gasteiger partial charge in [-0.3, -0.25) is 9.78 Å². The Morgan fingerprint density at radius 3 is 2.44 bits per heavy atom. The van der Waals surface area contributed by atoms with E-state index < -0.39 is 23.2 Å². The maximum Gasteiger partial charge on any atom is 0.335 e. The topological polar surface area (TPSA) is 121 Å². The van der Waals surface area contributed by atoms with Gasteiger partial charge in [-0.15, -0.1) is 0 Å². The SMILES string of the molecule is COc1ccc(-n2c(O)c([C@@H]3NCCc4c3[nH]c3ccc(OC)cc43)c(=O)[nH]c2=O)cc1. The Kier molecular flexibility index (Phi) is 4.75. The Morgan fingerprint density at radius 2 is 1.72 bits per heavy atom. The number of ether oxygens (including phenoxy) is 2. The quantitative estimate of drug-likeness (QED) is 0.390. The molecule has 0 radical (unpaired) electrons. The molecule has 3 heterocycles. The van der Waals surface area contributed by atoms with Gasteiger partial charge in [0.15, 0.2) is 0 Å². The van der Waals surface area contributed by atoms with E-state index >= 15 is 0 Å². The summed E-state index contributed by atoms with van der Waals surface area (Å²) in [5.74, 6) is 0.937. The van der Waals surface area contributed by atoms with Crippen molar-refractivity contribution < 1.29 is 14.6 Å². The Balaban J connectivity index is 1.69. The largest absolute Gasteiger partial charge is 0.497 e. The third-order valence-electron chi connectivity index (χ3n) is 5.90. The number of hydrogen-bond acceptors (Lipinski definition) is 6. The number of aromatic amines is 2. The third-order valence-corrected chi connectivity index (χ3v) is 5.90. The average molecular weight is 434 g/mol. The van der Waals surface area contributed by atoms with Crippen molar-refractivity contribution in [1.82, 2.24) is 19.9 Å². The number of aromatic nitrogens is 3. The van der Waals surface area contributed by atoms with Gasteiger partial charge >= 0.3 is 5.69 Å². The van der Waals surface area contributed by atoms with Crippen molar-refractivity contribution in [2.45, 2.75) is 12.5 Å². The predicted octanol–water partition coefficient (Wildman–Crippen LogP) is 1.96. The van der Waals surface area contributed by atoms with Gasteiger partial charge in [-0.1, -0.05) is 0 Å². The van der Waals surface area contributed by atoms with Gasteiger partial charge < -0.3 is 24.9 Å². The number of nitrogens with one attached hydrogen (secondary N) is 3. The molecule has 1 atom stereocenters. The molecular formula is C23H22N4O5. The van der Waals surface area contributed by atoms with Crippen LogP contribution in [-0.2, 0) is 6.42 Å². The van der Waals surface area contributed by atoms with Crippen molar-refractivity contribution >= 4 is 10.9 Å². The van der Waals surface area contributed by atoms with Crippen molar-refractivity contribution in [2.24, 2.45) is 0 Å². The van der Waals surface area contributed by atoms with E-state index in [1.54, 1.807) is 38.5 Å². The molecule has 0 saturated heterocycles. The van der Waals surface area contributed by atoms with Crippen molar-refractivity contribution in [1.29, 1.82) is 0 Å². The van der Waals surface area contributed by atoms with Gasteiger partial charge in [-0.2, -0.15) is 0 Å². The lowest BCUT2D eigenvalue weighted by molar-refractivity contribution is 0.408. The monoisotopic (exact) mass is 434 g/mol. The molecule has 0 bridgehead atoms. The summed E-state index contributed by atoms with van der Waals surface area (Å²) in [6, 6.07) is 11.7. The average Bonchev–Trinajstić information content (AvgIpc) is 3.18. The molecule has 4 N–H and O–H groups in total. The van der Waals surface area contributed by atoms with Crippen LogP contribution < -0.4 is 26.0 Å². The van der Waals surface area contributed by atoms with Crippen LogP contribution >= 0.6 is 0 Å². The molecule has 0 saturated carbocycles. The lowest BCUT2D eigenvalue weighted by Crippen LogP contribution is -2.38. The minimum absolute atomic E-state index is 0.0693. The van der Waals surface area contributed by atoms with E-state index in [2.05, 4.69) is 15.3 Å². The first kappa shape index (κ1) is 20.0. The highest BCUT2D eigenvalue weighted by Crippen LogP contribution is 2.36. The van der Waals surface area contributed by atoms with Gasteiger partial charge in [-0.05, 0) is 54.4 Å². The van der Waals surface area contributed by atoms with Crippen LogP contribution in [0.5, 0.6) is 17.4 Å². The smallest absolute Gasteiger partial charge is 0.335 e. The van der Waals surface area contributed by atoms with Crippen LogP contribution in [0.1, 0.15) is 22.9 Å². The highest BCUT2D eigenvalue weighted by atomic mass is 16.5. The molecule has 32 heavy (non-hydrogen) atoms. The third kappa shape index (κ3) is 3.05. The number of fused-ring (bicyclic) bond motifs is 3. The Hall–Kier alpha value is -3.98. The molecule has 1 aliphatic rings. The molecule has 0 amide bonds. The summed E-state index contributed by atoms with van der Waals surface area (Å²) in [5, 5.41) is 15.4. The van der Waals surface area contributed by atoms with Gasteiger partial charge in [-0.25, -0.2) is 9.36 Å². The standard InChI is InChI=1S/C23H22N4O5/c1-31-13-5-3-12(4-6-13)27-22(29)18(21(28)26-23(27)30)20-19-15(9-10-24-20)16-11-14(32-2)7-8-17(16)25-19/h3-8,11,20,24-25,29H,9-10H2,1-2H3,(H,26,28,30)/t20-/m0/s1. The molecule has 1 aliphatic heterocycles. The maximum absolute atomic E-state index is 12.8. The van der Waals surface area contributed by atoms with Crippen molar-refractivity contribution in [3.05, 3.63) is 80.1 Å². The first-order valence-corrected chi connectivity index (χ1v) is 10.2. The summed E-state index contributed by atoms with van der Waals surface area (Å²) < 4.78 is 11.6. The molecular weight excluding hydrogens is 412 g/mol.